The smallest absolute Gasteiger partial charge is 0.286 e. The third-order valence-electron chi connectivity index (χ3n) is 3.30. The van der Waals surface area contributed by atoms with E-state index in [9.17, 15) is 8.78 Å². The van der Waals surface area contributed by atoms with Crippen molar-refractivity contribution in [3.8, 4) is 11.5 Å². The number of nitrogens with zero attached hydrogens (tertiary/aromatic N) is 2. The van der Waals surface area contributed by atoms with Crippen LogP contribution in [0.4, 0.5) is 8.78 Å². The van der Waals surface area contributed by atoms with Crippen molar-refractivity contribution in [3.05, 3.63) is 35.5 Å². The third kappa shape index (κ3) is 2.37. The molecule has 0 amide bonds. The van der Waals surface area contributed by atoms with E-state index in [4.69, 9.17) is 4.42 Å². The van der Waals surface area contributed by atoms with E-state index in [1.54, 1.807) is 6.07 Å². The molecule has 0 atom stereocenters. The van der Waals surface area contributed by atoms with E-state index in [0.29, 0.717) is 11.5 Å². The Kier molecular flexibility index (Phi) is 2.84. The molecule has 0 saturated heterocycles. The van der Waals surface area contributed by atoms with Gasteiger partial charge >= 0.3 is 0 Å². The first-order valence-electron chi connectivity index (χ1n) is 6.37. The van der Waals surface area contributed by atoms with Gasteiger partial charge < -0.3 is 4.42 Å². The van der Waals surface area contributed by atoms with E-state index in [1.807, 2.05) is 0 Å². The molecule has 0 N–H and O–H groups in total. The molecule has 2 aromatic heterocycles. The summed E-state index contributed by atoms with van der Waals surface area (Å²) in [6.07, 6.45) is 5.35. The molecule has 1 aliphatic carbocycles. The summed E-state index contributed by atoms with van der Waals surface area (Å²) in [5.74, 6) is -1.65. The van der Waals surface area contributed by atoms with Crippen molar-refractivity contribution in [1.29, 1.82) is 0 Å². The van der Waals surface area contributed by atoms with Crippen LogP contribution in [0.2, 0.25) is 0 Å². The van der Waals surface area contributed by atoms with Gasteiger partial charge in [0.05, 0.1) is 5.69 Å². The quantitative estimate of drug-likeness (QED) is 0.829. The molecule has 100 valence electrons. The number of aromatic nitrogens is 2. The number of fused-ring (bicyclic) bond motifs is 1. The maximum Gasteiger partial charge on any atom is 0.286 e. The van der Waals surface area contributed by atoms with Crippen molar-refractivity contribution in [3.63, 3.8) is 0 Å². The number of oxazole rings is 1. The Morgan fingerprint density at radius 3 is 2.79 bits per heavy atom. The highest BCUT2D eigenvalue weighted by Crippen LogP contribution is 2.30. The van der Waals surface area contributed by atoms with Gasteiger partial charge in [0.25, 0.3) is 5.92 Å². The van der Waals surface area contributed by atoms with Gasteiger partial charge in [0.2, 0.25) is 5.89 Å². The first kappa shape index (κ1) is 12.3. The summed E-state index contributed by atoms with van der Waals surface area (Å²) in [4.78, 5) is 8.10. The van der Waals surface area contributed by atoms with Gasteiger partial charge in [-0.15, -0.1) is 0 Å². The van der Waals surface area contributed by atoms with Crippen LogP contribution in [-0.2, 0) is 18.8 Å². The van der Waals surface area contributed by atoms with Crippen molar-refractivity contribution in [2.45, 2.75) is 38.5 Å². The van der Waals surface area contributed by atoms with Gasteiger partial charge in [0, 0.05) is 25.1 Å². The molecule has 0 fully saturated rings. The molecule has 0 radical (unpaired) electrons. The molecule has 0 bridgehead atoms. The minimum Gasteiger partial charge on any atom is -0.441 e. The SMILES string of the molecule is CC(F)(F)c1cc(-c2nc3c(o2)CCCC3)ccn1. The van der Waals surface area contributed by atoms with Gasteiger partial charge in [-0.1, -0.05) is 0 Å². The molecule has 2 heterocycles. The number of hydrogen-bond acceptors (Lipinski definition) is 3. The maximum atomic E-state index is 13.3. The molecular formula is C14H14F2N2O. The minimum atomic E-state index is -2.96. The van der Waals surface area contributed by atoms with Gasteiger partial charge in [-0.05, 0) is 31.4 Å². The van der Waals surface area contributed by atoms with Crippen LogP contribution in [0.1, 0.15) is 36.9 Å². The largest absolute Gasteiger partial charge is 0.441 e. The van der Waals surface area contributed by atoms with E-state index in [1.165, 1.54) is 12.3 Å². The number of halogens is 2. The summed E-state index contributed by atoms with van der Waals surface area (Å²) >= 11 is 0. The van der Waals surface area contributed by atoms with Crippen LogP contribution >= 0.6 is 0 Å². The molecule has 3 nitrogen and oxygen atoms in total. The van der Waals surface area contributed by atoms with Crippen LogP contribution in [0.5, 0.6) is 0 Å². The summed E-state index contributed by atoms with van der Waals surface area (Å²) in [7, 11) is 0. The highest BCUT2D eigenvalue weighted by Gasteiger charge is 2.27. The van der Waals surface area contributed by atoms with Crippen molar-refractivity contribution in [2.75, 3.05) is 0 Å². The fraction of sp³-hybridized carbons (Fsp3) is 0.429. The van der Waals surface area contributed by atoms with Gasteiger partial charge in [0.15, 0.2) is 0 Å². The van der Waals surface area contributed by atoms with Gasteiger partial charge in [0.1, 0.15) is 11.5 Å². The lowest BCUT2D eigenvalue weighted by Gasteiger charge is -2.09. The second-order valence-corrected chi connectivity index (χ2v) is 4.91. The molecule has 0 unspecified atom stereocenters. The maximum absolute atomic E-state index is 13.3. The van der Waals surface area contributed by atoms with Crippen LogP contribution in [0.25, 0.3) is 11.5 Å². The third-order valence-corrected chi connectivity index (χ3v) is 3.30. The highest BCUT2D eigenvalue weighted by atomic mass is 19.3. The van der Waals surface area contributed by atoms with E-state index >= 15 is 0 Å². The number of hydrogen-bond donors (Lipinski definition) is 0. The summed E-state index contributed by atoms with van der Waals surface area (Å²) in [6.45, 7) is 0.833. The van der Waals surface area contributed by atoms with Crippen molar-refractivity contribution in [1.82, 2.24) is 9.97 Å². The monoisotopic (exact) mass is 264 g/mol. The van der Waals surface area contributed by atoms with Crippen LogP contribution < -0.4 is 0 Å². The average molecular weight is 264 g/mol. The van der Waals surface area contributed by atoms with Crippen molar-refractivity contribution < 1.29 is 13.2 Å². The number of pyridine rings is 1. The van der Waals surface area contributed by atoms with E-state index in [0.717, 1.165) is 44.1 Å². The molecule has 0 spiro atoms. The zero-order valence-electron chi connectivity index (χ0n) is 10.6. The molecule has 1 aliphatic rings. The number of aryl methyl sites for hydroxylation is 2. The van der Waals surface area contributed by atoms with Gasteiger partial charge in [-0.25, -0.2) is 4.98 Å². The van der Waals surface area contributed by atoms with E-state index in [2.05, 4.69) is 9.97 Å². The second-order valence-electron chi connectivity index (χ2n) is 4.91. The summed E-state index contributed by atoms with van der Waals surface area (Å²) in [5.41, 5.74) is 1.25. The van der Waals surface area contributed by atoms with Crippen molar-refractivity contribution >= 4 is 0 Å². The Balaban J connectivity index is 2.00. The Bertz CT molecular complexity index is 578. The standard InChI is InChI=1S/C14H14F2N2O/c1-14(15,16)12-8-9(6-7-17-12)13-18-10-4-2-3-5-11(10)19-13/h6-8H,2-5H2,1H3. The lowest BCUT2D eigenvalue weighted by atomic mass is 10.0. The van der Waals surface area contributed by atoms with E-state index in [-0.39, 0.29) is 5.69 Å². The van der Waals surface area contributed by atoms with Crippen LogP contribution in [-0.4, -0.2) is 9.97 Å². The average Bonchev–Trinajstić information content (AvgIpc) is 2.81. The van der Waals surface area contributed by atoms with Crippen LogP contribution in [0, 0.1) is 0 Å². The first-order chi connectivity index (χ1) is 9.04. The molecule has 0 aromatic carbocycles. The predicted octanol–water partition coefficient (Wildman–Crippen LogP) is 3.73. The van der Waals surface area contributed by atoms with Crippen LogP contribution in [0.3, 0.4) is 0 Å². The first-order valence-corrected chi connectivity index (χ1v) is 6.37. The fourth-order valence-electron chi connectivity index (χ4n) is 2.28. The lowest BCUT2D eigenvalue weighted by Crippen LogP contribution is -2.09. The molecule has 3 rings (SSSR count). The zero-order chi connectivity index (χ0) is 13.5. The predicted molar refractivity (Wildman–Crippen MR) is 65.9 cm³/mol. The van der Waals surface area contributed by atoms with E-state index < -0.39 is 5.92 Å². The molecule has 5 heteroatoms. The van der Waals surface area contributed by atoms with Crippen LogP contribution in [0.15, 0.2) is 22.7 Å². The Morgan fingerprint density at radius 1 is 1.26 bits per heavy atom. The summed E-state index contributed by atoms with van der Waals surface area (Å²) in [5, 5.41) is 0. The molecule has 0 saturated carbocycles. The topological polar surface area (TPSA) is 38.9 Å². The Hall–Kier alpha value is -1.78. The normalized spacial score (nSPS) is 15.3. The number of alkyl halides is 2. The summed E-state index contributed by atoms with van der Waals surface area (Å²) in [6, 6.07) is 2.99. The zero-order valence-corrected chi connectivity index (χ0v) is 10.6. The molecular weight excluding hydrogens is 250 g/mol. The second kappa shape index (κ2) is 4.40. The molecule has 19 heavy (non-hydrogen) atoms. The molecule has 0 aliphatic heterocycles. The van der Waals surface area contributed by atoms with Gasteiger partial charge in [-0.2, -0.15) is 8.78 Å². The van der Waals surface area contributed by atoms with Crippen molar-refractivity contribution in [2.24, 2.45) is 0 Å². The minimum absolute atomic E-state index is 0.263. The fourth-order valence-corrected chi connectivity index (χ4v) is 2.28. The Morgan fingerprint density at radius 2 is 2.05 bits per heavy atom. The number of rotatable bonds is 2. The highest BCUT2D eigenvalue weighted by molar-refractivity contribution is 5.54. The lowest BCUT2D eigenvalue weighted by molar-refractivity contribution is 0.0128. The summed E-state index contributed by atoms with van der Waals surface area (Å²) < 4.78 is 32.2. The molecule has 2 aromatic rings. The Labute approximate surface area is 109 Å². The van der Waals surface area contributed by atoms with Gasteiger partial charge in [-0.3, -0.25) is 4.98 Å².